The number of rotatable bonds is 2. The Morgan fingerprint density at radius 3 is 2.31 bits per heavy atom. The molecule has 0 spiro atoms. The first-order valence-electron chi connectivity index (χ1n) is 4.79. The highest BCUT2D eigenvalue weighted by molar-refractivity contribution is 5.98. The lowest BCUT2D eigenvalue weighted by atomic mass is 9.99. The van der Waals surface area contributed by atoms with Gasteiger partial charge < -0.3 is 10.2 Å². The van der Waals surface area contributed by atoms with Crippen LogP contribution in [0.5, 0.6) is 5.75 Å². The van der Waals surface area contributed by atoms with E-state index in [2.05, 4.69) is 0 Å². The number of aromatic carboxylic acids is 1. The minimum Gasteiger partial charge on any atom is -0.872 e. The maximum absolute atomic E-state index is 11.5. The molecule has 0 radical (unpaired) electrons. The Bertz CT molecular complexity index is 518. The molecule has 0 aliphatic rings. The van der Waals surface area contributed by atoms with Crippen molar-refractivity contribution in [2.45, 2.75) is 0 Å². The molecule has 16 heavy (non-hydrogen) atoms. The summed E-state index contributed by atoms with van der Waals surface area (Å²) in [7, 11) is 0. The molecule has 0 aliphatic carbocycles. The topological polar surface area (TPSA) is 60.4 Å². The normalized spacial score (nSPS) is 10.0. The van der Waals surface area contributed by atoms with Gasteiger partial charge in [-0.1, -0.05) is 54.3 Å². The monoisotopic (exact) mass is 213 g/mol. The van der Waals surface area contributed by atoms with Crippen LogP contribution in [-0.4, -0.2) is 11.1 Å². The van der Waals surface area contributed by atoms with Crippen LogP contribution < -0.4 is 5.11 Å². The van der Waals surface area contributed by atoms with E-state index in [4.69, 9.17) is 5.11 Å². The van der Waals surface area contributed by atoms with Gasteiger partial charge in [-0.05, 0) is 11.1 Å². The maximum Gasteiger partial charge on any atom is 0.335 e. The first-order chi connectivity index (χ1) is 7.70. The van der Waals surface area contributed by atoms with Crippen LogP contribution in [0.15, 0.2) is 48.5 Å². The molecule has 3 heteroatoms. The summed E-state index contributed by atoms with van der Waals surface area (Å²) < 4.78 is 0. The number of hydrogen-bond donors (Lipinski definition) is 1. The summed E-state index contributed by atoms with van der Waals surface area (Å²) in [5, 5.41) is 20.5. The third-order valence-corrected chi connectivity index (χ3v) is 2.32. The molecule has 0 bridgehead atoms. The predicted molar refractivity (Wildman–Crippen MR) is 58.3 cm³/mol. The fraction of sp³-hybridized carbons (Fsp3) is 0. The molecule has 0 saturated heterocycles. The Balaban J connectivity index is 2.66. The van der Waals surface area contributed by atoms with Gasteiger partial charge in [0, 0.05) is 0 Å². The van der Waals surface area contributed by atoms with Gasteiger partial charge in [-0.3, -0.25) is 0 Å². The molecule has 2 rings (SSSR count). The maximum atomic E-state index is 11.5. The lowest BCUT2D eigenvalue weighted by molar-refractivity contribution is -0.268. The minimum absolute atomic E-state index is 0.172. The van der Waals surface area contributed by atoms with Gasteiger partial charge in [-0.15, -0.1) is 0 Å². The van der Waals surface area contributed by atoms with Crippen molar-refractivity contribution in [2.24, 2.45) is 0 Å². The molecule has 0 aromatic heterocycles. The number of benzene rings is 2. The Kier molecular flexibility index (Phi) is 2.60. The van der Waals surface area contributed by atoms with E-state index < -0.39 is 11.7 Å². The molecule has 0 aliphatic heterocycles. The van der Waals surface area contributed by atoms with E-state index in [0.29, 0.717) is 5.56 Å². The smallest absolute Gasteiger partial charge is 0.335 e. The van der Waals surface area contributed by atoms with Gasteiger partial charge in [0.15, 0.2) is 0 Å². The van der Waals surface area contributed by atoms with E-state index >= 15 is 0 Å². The van der Waals surface area contributed by atoms with Crippen LogP contribution in [0.1, 0.15) is 10.4 Å². The molecule has 0 saturated carbocycles. The zero-order valence-electron chi connectivity index (χ0n) is 8.38. The molecule has 2 aromatic rings. The quantitative estimate of drug-likeness (QED) is 0.831. The van der Waals surface area contributed by atoms with Gasteiger partial charge >= 0.3 is 5.97 Å². The lowest BCUT2D eigenvalue weighted by Crippen LogP contribution is -2.05. The highest BCUT2D eigenvalue weighted by Crippen LogP contribution is 2.28. The van der Waals surface area contributed by atoms with E-state index in [1.165, 1.54) is 6.07 Å². The number of carboxylic acids is 1. The van der Waals surface area contributed by atoms with Gasteiger partial charge in [0.05, 0.1) is 5.56 Å². The third-order valence-electron chi connectivity index (χ3n) is 2.32. The highest BCUT2D eigenvalue weighted by Gasteiger charge is 2.11. The Labute approximate surface area is 92.6 Å². The van der Waals surface area contributed by atoms with Crippen molar-refractivity contribution >= 4 is 5.97 Å². The van der Waals surface area contributed by atoms with Crippen LogP contribution in [0.3, 0.4) is 0 Å². The average molecular weight is 213 g/mol. The van der Waals surface area contributed by atoms with Crippen molar-refractivity contribution < 1.29 is 15.0 Å². The largest absolute Gasteiger partial charge is 0.872 e. The second-order valence-corrected chi connectivity index (χ2v) is 3.35. The van der Waals surface area contributed by atoms with E-state index in [1.807, 2.05) is 6.07 Å². The van der Waals surface area contributed by atoms with Crippen molar-refractivity contribution in [2.75, 3.05) is 0 Å². The standard InChI is InChI=1S/C13H10O3/c14-11-8-4-7-10(12(11)13(15)16)9-5-2-1-3-6-9/h1-8,14H,(H,15,16)/p-1. The summed E-state index contributed by atoms with van der Waals surface area (Å²) in [5.41, 5.74) is 1.02. The van der Waals surface area contributed by atoms with Crippen LogP contribution in [0.2, 0.25) is 0 Å². The second-order valence-electron chi connectivity index (χ2n) is 3.35. The molecule has 0 heterocycles. The van der Waals surface area contributed by atoms with E-state index in [-0.39, 0.29) is 5.56 Å². The number of carboxylic acid groups (broad SMARTS) is 1. The average Bonchev–Trinajstić information content (AvgIpc) is 2.29. The Hall–Kier alpha value is -2.29. The summed E-state index contributed by atoms with van der Waals surface area (Å²) in [4.78, 5) is 11.0. The molecule has 3 nitrogen and oxygen atoms in total. The van der Waals surface area contributed by atoms with Crippen LogP contribution in [0, 0.1) is 0 Å². The molecule has 1 N–H and O–H groups in total. The summed E-state index contributed by atoms with van der Waals surface area (Å²) in [5.74, 6) is -1.65. The van der Waals surface area contributed by atoms with Crippen molar-refractivity contribution in [3.8, 4) is 16.9 Å². The van der Waals surface area contributed by atoms with Crippen molar-refractivity contribution in [1.29, 1.82) is 0 Å². The molecule has 2 aromatic carbocycles. The minimum atomic E-state index is -1.19. The fourth-order valence-corrected chi connectivity index (χ4v) is 1.61. The zero-order chi connectivity index (χ0) is 11.5. The first-order valence-corrected chi connectivity index (χ1v) is 4.79. The van der Waals surface area contributed by atoms with Crippen molar-refractivity contribution in [3.05, 3.63) is 54.1 Å². The Morgan fingerprint density at radius 2 is 1.69 bits per heavy atom. The first kappa shape index (κ1) is 10.2. The van der Waals surface area contributed by atoms with Crippen molar-refractivity contribution in [3.63, 3.8) is 0 Å². The van der Waals surface area contributed by atoms with Gasteiger partial charge in [-0.2, -0.15) is 0 Å². The lowest BCUT2D eigenvalue weighted by Gasteiger charge is -2.14. The molecule has 0 unspecified atom stereocenters. The summed E-state index contributed by atoms with van der Waals surface area (Å²) in [6.45, 7) is 0. The van der Waals surface area contributed by atoms with E-state index in [1.54, 1.807) is 36.4 Å². The number of carbonyl (C=O) groups is 1. The number of hydrogen-bond acceptors (Lipinski definition) is 2. The zero-order valence-corrected chi connectivity index (χ0v) is 8.38. The molecule has 0 atom stereocenters. The SMILES string of the molecule is O=C(O)c1c([O-])cccc1-c1ccccc1. The van der Waals surface area contributed by atoms with Crippen LogP contribution in [0.25, 0.3) is 11.1 Å². The predicted octanol–water partition coefficient (Wildman–Crippen LogP) is 2.13. The molecule has 80 valence electrons. The van der Waals surface area contributed by atoms with Gasteiger partial charge in [-0.25, -0.2) is 4.79 Å². The van der Waals surface area contributed by atoms with Crippen LogP contribution >= 0.6 is 0 Å². The summed E-state index contributed by atoms with van der Waals surface area (Å²) in [6.07, 6.45) is 0. The van der Waals surface area contributed by atoms with Crippen LogP contribution in [0.4, 0.5) is 0 Å². The third kappa shape index (κ3) is 1.75. The fourth-order valence-electron chi connectivity index (χ4n) is 1.61. The van der Waals surface area contributed by atoms with E-state index in [0.717, 1.165) is 5.56 Å². The molecule has 0 amide bonds. The van der Waals surface area contributed by atoms with Crippen molar-refractivity contribution in [1.82, 2.24) is 0 Å². The van der Waals surface area contributed by atoms with Gasteiger partial charge in [0.1, 0.15) is 0 Å². The van der Waals surface area contributed by atoms with Gasteiger partial charge in [0.2, 0.25) is 0 Å². The molecular weight excluding hydrogens is 204 g/mol. The second kappa shape index (κ2) is 4.06. The highest BCUT2D eigenvalue weighted by atomic mass is 16.4. The van der Waals surface area contributed by atoms with Gasteiger partial charge in [0.25, 0.3) is 0 Å². The summed E-state index contributed by atoms with van der Waals surface area (Å²) >= 11 is 0. The molecular formula is C13H9O3-. The summed E-state index contributed by atoms with van der Waals surface area (Å²) in [6, 6.07) is 13.5. The molecule has 0 fully saturated rings. The van der Waals surface area contributed by atoms with E-state index in [9.17, 15) is 9.90 Å². The Morgan fingerprint density at radius 1 is 1.00 bits per heavy atom. The van der Waals surface area contributed by atoms with Crippen LogP contribution in [-0.2, 0) is 0 Å².